The Morgan fingerprint density at radius 2 is 2.00 bits per heavy atom. The largest absolute Gasteiger partial charge is 0.489 e. The van der Waals surface area contributed by atoms with E-state index in [2.05, 4.69) is 5.32 Å². The number of nitrogens with one attached hydrogen (secondary N) is 1. The topological polar surface area (TPSA) is 38.3 Å². The van der Waals surface area contributed by atoms with Crippen molar-refractivity contribution in [1.82, 2.24) is 5.32 Å². The lowest BCUT2D eigenvalue weighted by Crippen LogP contribution is -2.17. The number of hydrogen-bond donors (Lipinski definition) is 1. The Morgan fingerprint density at radius 1 is 1.22 bits per heavy atom. The van der Waals surface area contributed by atoms with Crippen molar-refractivity contribution in [3.63, 3.8) is 0 Å². The van der Waals surface area contributed by atoms with Crippen LogP contribution in [0.1, 0.15) is 11.1 Å². The highest BCUT2D eigenvalue weighted by Gasteiger charge is 2.21. The average molecular weight is 345 g/mol. The summed E-state index contributed by atoms with van der Waals surface area (Å²) in [6.07, 6.45) is 1.77. The van der Waals surface area contributed by atoms with Crippen LogP contribution in [0.4, 0.5) is 4.39 Å². The van der Waals surface area contributed by atoms with Gasteiger partial charge in [-0.3, -0.25) is 4.79 Å². The minimum absolute atomic E-state index is 0.183. The highest BCUT2D eigenvalue weighted by atomic mass is 32.2. The summed E-state index contributed by atoms with van der Waals surface area (Å²) in [5.41, 5.74) is 1.73. The normalized spacial score (nSPS) is 15.8. The van der Waals surface area contributed by atoms with Gasteiger partial charge in [-0.1, -0.05) is 48.2 Å². The smallest absolute Gasteiger partial charge is 0.263 e. The Bertz CT molecular complexity index is 787. The molecule has 2 aromatic carbocycles. The summed E-state index contributed by atoms with van der Waals surface area (Å²) in [6.45, 7) is 0.347. The van der Waals surface area contributed by atoms with Crippen molar-refractivity contribution in [3.05, 3.63) is 70.4 Å². The molecular formula is C17H12FNO2S2. The highest BCUT2D eigenvalue weighted by Crippen LogP contribution is 2.27. The fraction of sp³-hybridized carbons (Fsp3) is 0.0588. The molecule has 1 N–H and O–H groups in total. The number of halogens is 1. The van der Waals surface area contributed by atoms with Crippen molar-refractivity contribution < 1.29 is 13.9 Å². The molecule has 0 bridgehead atoms. The van der Waals surface area contributed by atoms with E-state index >= 15 is 0 Å². The molecule has 0 atom stereocenters. The minimum atomic E-state index is -0.271. The van der Waals surface area contributed by atoms with Crippen LogP contribution in [0, 0.1) is 5.82 Å². The van der Waals surface area contributed by atoms with Crippen LogP contribution in [0.5, 0.6) is 5.75 Å². The maximum absolute atomic E-state index is 12.9. The van der Waals surface area contributed by atoms with Crippen LogP contribution >= 0.6 is 24.0 Å². The Morgan fingerprint density at radius 3 is 2.70 bits per heavy atom. The molecule has 0 spiro atoms. The zero-order valence-electron chi connectivity index (χ0n) is 11.9. The molecule has 1 aliphatic heterocycles. The van der Waals surface area contributed by atoms with Crippen molar-refractivity contribution >= 4 is 40.3 Å². The van der Waals surface area contributed by atoms with Crippen LogP contribution in [0.25, 0.3) is 6.08 Å². The van der Waals surface area contributed by atoms with Gasteiger partial charge in [0.2, 0.25) is 0 Å². The molecule has 2 aromatic rings. The van der Waals surface area contributed by atoms with Gasteiger partial charge in [0.15, 0.2) is 0 Å². The number of benzene rings is 2. The Hall–Kier alpha value is -2.18. The van der Waals surface area contributed by atoms with E-state index < -0.39 is 0 Å². The zero-order valence-corrected chi connectivity index (χ0v) is 13.5. The third-order valence-corrected chi connectivity index (χ3v) is 4.28. The monoisotopic (exact) mass is 345 g/mol. The van der Waals surface area contributed by atoms with Gasteiger partial charge in [-0.25, -0.2) is 4.39 Å². The number of hydrogen-bond acceptors (Lipinski definition) is 4. The standard InChI is InChI=1S/C17H12FNO2S2/c18-13-6-4-11(5-7-13)10-21-14-3-1-2-12(8-14)9-15-16(20)19-17(22)23-15/h1-9H,10H2,(H,19,20,22)/b15-9+. The SMILES string of the molecule is O=C1NC(=S)S/C1=C/c1cccc(OCc2ccc(F)cc2)c1. The molecule has 0 radical (unpaired) electrons. The second-order valence-corrected chi connectivity index (χ2v) is 6.56. The van der Waals surface area contributed by atoms with Gasteiger partial charge in [-0.2, -0.15) is 0 Å². The van der Waals surface area contributed by atoms with Gasteiger partial charge in [-0.15, -0.1) is 0 Å². The first kappa shape index (κ1) is 15.7. The van der Waals surface area contributed by atoms with E-state index in [1.807, 2.05) is 24.3 Å². The molecule has 0 aliphatic carbocycles. The van der Waals surface area contributed by atoms with E-state index in [9.17, 15) is 9.18 Å². The van der Waals surface area contributed by atoms with Crippen molar-refractivity contribution in [2.75, 3.05) is 0 Å². The maximum Gasteiger partial charge on any atom is 0.263 e. The summed E-state index contributed by atoms with van der Waals surface area (Å²) in [5.74, 6) is 0.222. The molecule has 23 heavy (non-hydrogen) atoms. The van der Waals surface area contributed by atoms with E-state index in [1.165, 1.54) is 23.9 Å². The molecule has 1 amide bonds. The second-order valence-electron chi connectivity index (χ2n) is 4.84. The molecule has 0 saturated carbocycles. The molecule has 116 valence electrons. The summed E-state index contributed by atoms with van der Waals surface area (Å²) < 4.78 is 19.0. The summed E-state index contributed by atoms with van der Waals surface area (Å²) in [7, 11) is 0. The predicted octanol–water partition coefficient (Wildman–Crippen LogP) is 3.89. The first-order chi connectivity index (χ1) is 11.1. The quantitative estimate of drug-likeness (QED) is 0.674. The van der Waals surface area contributed by atoms with Gasteiger partial charge >= 0.3 is 0 Å². The Balaban J connectivity index is 1.70. The number of rotatable bonds is 4. The average Bonchev–Trinajstić information content (AvgIpc) is 2.85. The molecule has 6 heteroatoms. The lowest BCUT2D eigenvalue weighted by molar-refractivity contribution is -0.115. The van der Waals surface area contributed by atoms with Crippen molar-refractivity contribution in [3.8, 4) is 5.75 Å². The molecule has 1 aliphatic rings. The zero-order chi connectivity index (χ0) is 16.2. The summed E-state index contributed by atoms with van der Waals surface area (Å²) in [6, 6.07) is 13.6. The molecular weight excluding hydrogens is 333 g/mol. The summed E-state index contributed by atoms with van der Waals surface area (Å²) in [4.78, 5) is 12.2. The number of thiocarbonyl (C=S) groups is 1. The van der Waals surface area contributed by atoms with Gasteiger partial charge in [-0.05, 0) is 41.5 Å². The lowest BCUT2D eigenvalue weighted by Gasteiger charge is -2.07. The molecule has 1 heterocycles. The first-order valence-electron chi connectivity index (χ1n) is 6.82. The van der Waals surface area contributed by atoms with E-state index in [1.54, 1.807) is 18.2 Å². The number of carbonyl (C=O) groups excluding carboxylic acids is 1. The van der Waals surface area contributed by atoms with Gasteiger partial charge in [0.25, 0.3) is 5.91 Å². The molecule has 3 nitrogen and oxygen atoms in total. The number of ether oxygens (including phenoxy) is 1. The van der Waals surface area contributed by atoms with E-state index in [-0.39, 0.29) is 11.7 Å². The predicted molar refractivity (Wildman–Crippen MR) is 93.5 cm³/mol. The van der Waals surface area contributed by atoms with Crippen LogP contribution in [0.2, 0.25) is 0 Å². The van der Waals surface area contributed by atoms with Gasteiger partial charge < -0.3 is 10.1 Å². The van der Waals surface area contributed by atoms with E-state index in [4.69, 9.17) is 17.0 Å². The fourth-order valence-electron chi connectivity index (χ4n) is 2.01. The Labute approximate surface area is 142 Å². The van der Waals surface area contributed by atoms with E-state index in [0.717, 1.165) is 11.1 Å². The fourth-order valence-corrected chi connectivity index (χ4v) is 3.06. The molecule has 1 saturated heterocycles. The van der Waals surface area contributed by atoms with Crippen molar-refractivity contribution in [2.45, 2.75) is 6.61 Å². The summed E-state index contributed by atoms with van der Waals surface area (Å²) in [5, 5.41) is 2.58. The minimum Gasteiger partial charge on any atom is -0.489 e. The molecule has 0 aromatic heterocycles. The third kappa shape index (κ3) is 4.18. The number of carbonyl (C=O) groups is 1. The van der Waals surface area contributed by atoms with Crippen molar-refractivity contribution in [2.24, 2.45) is 0 Å². The van der Waals surface area contributed by atoms with Crippen LogP contribution in [0.3, 0.4) is 0 Å². The number of thioether (sulfide) groups is 1. The first-order valence-corrected chi connectivity index (χ1v) is 8.05. The number of amides is 1. The Kier molecular flexibility index (Phi) is 4.73. The van der Waals surface area contributed by atoms with Crippen molar-refractivity contribution in [1.29, 1.82) is 0 Å². The van der Waals surface area contributed by atoms with Gasteiger partial charge in [0.05, 0.1) is 4.91 Å². The van der Waals surface area contributed by atoms with Crippen LogP contribution in [-0.4, -0.2) is 10.2 Å². The second kappa shape index (κ2) is 6.93. The van der Waals surface area contributed by atoms with Crippen LogP contribution in [0.15, 0.2) is 53.4 Å². The van der Waals surface area contributed by atoms with Crippen LogP contribution < -0.4 is 10.1 Å². The molecule has 0 unspecified atom stereocenters. The lowest BCUT2D eigenvalue weighted by atomic mass is 10.2. The van der Waals surface area contributed by atoms with E-state index in [0.29, 0.717) is 21.6 Å². The van der Waals surface area contributed by atoms with Gasteiger partial charge in [0.1, 0.15) is 22.5 Å². The van der Waals surface area contributed by atoms with Gasteiger partial charge in [0, 0.05) is 0 Å². The maximum atomic E-state index is 12.9. The summed E-state index contributed by atoms with van der Waals surface area (Å²) >= 11 is 6.20. The van der Waals surface area contributed by atoms with Crippen LogP contribution in [-0.2, 0) is 11.4 Å². The molecule has 3 rings (SSSR count). The third-order valence-electron chi connectivity index (χ3n) is 3.12. The highest BCUT2D eigenvalue weighted by molar-refractivity contribution is 8.26. The molecule has 1 fully saturated rings.